The van der Waals surface area contributed by atoms with Crippen LogP contribution in [0.1, 0.15) is 19.8 Å². The van der Waals surface area contributed by atoms with Gasteiger partial charge >= 0.3 is 5.97 Å². The number of fused-ring (bicyclic) bond motifs is 5. The third kappa shape index (κ3) is 1.27. The van der Waals surface area contributed by atoms with Gasteiger partial charge in [-0.25, -0.2) is 0 Å². The number of hydrogen-bond donors (Lipinski definition) is 0. The van der Waals surface area contributed by atoms with Crippen LogP contribution in [0.3, 0.4) is 0 Å². The highest BCUT2D eigenvalue weighted by atomic mass is 16.5. The quantitative estimate of drug-likeness (QED) is 0.509. The first kappa shape index (κ1) is 9.20. The van der Waals surface area contributed by atoms with Crippen LogP contribution < -0.4 is 0 Å². The summed E-state index contributed by atoms with van der Waals surface area (Å²) in [6, 6.07) is 0. The van der Waals surface area contributed by atoms with Crippen molar-refractivity contribution in [1.82, 2.24) is 0 Å². The Labute approximate surface area is 90.0 Å². The maximum Gasteiger partial charge on any atom is 0.306 e. The SMILES string of the molecule is CCC(=O)OC1C=CC2C3C=CC(C3)C12. The Hall–Kier alpha value is -1.05. The molecule has 0 saturated heterocycles. The second-order valence-electron chi connectivity index (χ2n) is 4.80. The Morgan fingerprint density at radius 2 is 2.07 bits per heavy atom. The molecule has 5 unspecified atom stereocenters. The van der Waals surface area contributed by atoms with Gasteiger partial charge in [0.1, 0.15) is 6.10 Å². The minimum absolute atomic E-state index is 0.0439. The monoisotopic (exact) mass is 204 g/mol. The van der Waals surface area contributed by atoms with Gasteiger partial charge in [-0.2, -0.15) is 0 Å². The molecule has 0 N–H and O–H groups in total. The number of ether oxygens (including phenoxy) is 1. The summed E-state index contributed by atoms with van der Waals surface area (Å²) < 4.78 is 5.47. The van der Waals surface area contributed by atoms with E-state index in [0.717, 1.165) is 0 Å². The van der Waals surface area contributed by atoms with Crippen molar-refractivity contribution in [3.63, 3.8) is 0 Å². The van der Waals surface area contributed by atoms with Crippen molar-refractivity contribution in [2.24, 2.45) is 23.7 Å². The largest absolute Gasteiger partial charge is 0.458 e. The highest BCUT2D eigenvalue weighted by molar-refractivity contribution is 5.69. The highest BCUT2D eigenvalue weighted by Crippen LogP contribution is 2.53. The van der Waals surface area contributed by atoms with Crippen LogP contribution >= 0.6 is 0 Å². The molecular weight excluding hydrogens is 188 g/mol. The van der Waals surface area contributed by atoms with Crippen molar-refractivity contribution in [3.8, 4) is 0 Å². The van der Waals surface area contributed by atoms with E-state index in [4.69, 9.17) is 4.74 Å². The fraction of sp³-hybridized carbons (Fsp3) is 0.615. The van der Waals surface area contributed by atoms with Crippen LogP contribution in [-0.4, -0.2) is 12.1 Å². The van der Waals surface area contributed by atoms with Gasteiger partial charge in [0.2, 0.25) is 0 Å². The molecule has 1 fully saturated rings. The van der Waals surface area contributed by atoms with Crippen molar-refractivity contribution < 1.29 is 9.53 Å². The fourth-order valence-corrected chi connectivity index (χ4v) is 3.35. The van der Waals surface area contributed by atoms with Crippen molar-refractivity contribution in [1.29, 1.82) is 0 Å². The second-order valence-corrected chi connectivity index (χ2v) is 4.80. The molecule has 0 aromatic heterocycles. The molecule has 0 heterocycles. The van der Waals surface area contributed by atoms with Gasteiger partial charge < -0.3 is 4.74 Å². The van der Waals surface area contributed by atoms with Crippen molar-refractivity contribution >= 4 is 5.97 Å². The molecule has 3 aliphatic carbocycles. The molecule has 0 aromatic carbocycles. The lowest BCUT2D eigenvalue weighted by Gasteiger charge is -2.25. The second kappa shape index (κ2) is 3.22. The summed E-state index contributed by atoms with van der Waals surface area (Å²) >= 11 is 0. The highest BCUT2D eigenvalue weighted by Gasteiger charge is 2.49. The van der Waals surface area contributed by atoms with Crippen molar-refractivity contribution in [2.75, 3.05) is 0 Å². The van der Waals surface area contributed by atoms with Crippen LogP contribution in [-0.2, 0) is 9.53 Å². The molecule has 0 spiro atoms. The number of carbonyl (C=O) groups excluding carboxylic acids is 1. The molecule has 80 valence electrons. The predicted octanol–water partition coefficient (Wildman–Crippen LogP) is 2.32. The Balaban J connectivity index is 1.75. The molecule has 5 atom stereocenters. The summed E-state index contributed by atoms with van der Waals surface area (Å²) in [4.78, 5) is 11.3. The summed E-state index contributed by atoms with van der Waals surface area (Å²) in [6.07, 6.45) is 10.8. The van der Waals surface area contributed by atoms with E-state index >= 15 is 0 Å². The van der Waals surface area contributed by atoms with Gasteiger partial charge in [0.15, 0.2) is 0 Å². The van der Waals surface area contributed by atoms with Crippen LogP contribution in [0.2, 0.25) is 0 Å². The number of rotatable bonds is 2. The molecule has 0 radical (unpaired) electrons. The summed E-state index contributed by atoms with van der Waals surface area (Å²) in [6.45, 7) is 1.85. The summed E-state index contributed by atoms with van der Waals surface area (Å²) in [5.41, 5.74) is 0. The molecular formula is C13H16O2. The molecule has 3 aliphatic rings. The molecule has 2 nitrogen and oxygen atoms in total. The molecule has 15 heavy (non-hydrogen) atoms. The number of esters is 1. The average molecular weight is 204 g/mol. The van der Waals surface area contributed by atoms with E-state index < -0.39 is 0 Å². The van der Waals surface area contributed by atoms with Crippen LogP contribution in [0.5, 0.6) is 0 Å². The Kier molecular flexibility index (Phi) is 1.98. The van der Waals surface area contributed by atoms with Gasteiger partial charge in [0.25, 0.3) is 0 Å². The zero-order valence-corrected chi connectivity index (χ0v) is 8.93. The van der Waals surface area contributed by atoms with Gasteiger partial charge in [0, 0.05) is 12.3 Å². The molecule has 3 rings (SSSR count). The van der Waals surface area contributed by atoms with Crippen LogP contribution in [0.4, 0.5) is 0 Å². The maximum atomic E-state index is 11.3. The minimum atomic E-state index is -0.0722. The number of hydrogen-bond acceptors (Lipinski definition) is 2. The van der Waals surface area contributed by atoms with E-state index in [1.807, 2.05) is 6.92 Å². The van der Waals surface area contributed by atoms with Crippen LogP contribution in [0, 0.1) is 23.7 Å². The first-order chi connectivity index (χ1) is 7.29. The zero-order valence-electron chi connectivity index (χ0n) is 8.93. The van der Waals surface area contributed by atoms with Gasteiger partial charge in [0.05, 0.1) is 0 Å². The smallest absolute Gasteiger partial charge is 0.306 e. The van der Waals surface area contributed by atoms with Crippen LogP contribution in [0.25, 0.3) is 0 Å². The van der Waals surface area contributed by atoms with E-state index in [1.165, 1.54) is 6.42 Å². The van der Waals surface area contributed by atoms with Crippen molar-refractivity contribution in [3.05, 3.63) is 24.3 Å². The normalized spacial score (nSPS) is 44.7. The zero-order chi connectivity index (χ0) is 10.4. The van der Waals surface area contributed by atoms with Gasteiger partial charge in [-0.3, -0.25) is 4.79 Å². The third-order valence-corrected chi connectivity index (χ3v) is 4.04. The van der Waals surface area contributed by atoms with E-state index in [9.17, 15) is 4.79 Å². The molecule has 1 saturated carbocycles. The fourth-order valence-electron chi connectivity index (χ4n) is 3.35. The van der Waals surface area contributed by atoms with Crippen LogP contribution in [0.15, 0.2) is 24.3 Å². The molecule has 2 heteroatoms. The van der Waals surface area contributed by atoms with Crippen molar-refractivity contribution in [2.45, 2.75) is 25.9 Å². The standard InChI is InChI=1S/C13H16O2/c1-2-12(14)15-11-6-5-10-8-3-4-9(7-8)13(10)11/h3-6,8-11,13H,2,7H2,1H3. The van der Waals surface area contributed by atoms with E-state index in [2.05, 4.69) is 24.3 Å². The number of carbonyl (C=O) groups is 1. The van der Waals surface area contributed by atoms with Gasteiger partial charge in [-0.05, 0) is 30.3 Å². The predicted molar refractivity (Wildman–Crippen MR) is 57.0 cm³/mol. The lowest BCUT2D eigenvalue weighted by molar-refractivity contribution is -0.149. The van der Waals surface area contributed by atoms with E-state index in [1.54, 1.807) is 0 Å². The summed E-state index contributed by atoms with van der Waals surface area (Å²) in [5, 5.41) is 0. The molecule has 0 aromatic rings. The maximum absolute atomic E-state index is 11.3. The lowest BCUT2D eigenvalue weighted by atomic mass is 9.84. The summed E-state index contributed by atoms with van der Waals surface area (Å²) in [7, 11) is 0. The Bertz CT molecular complexity index is 342. The minimum Gasteiger partial charge on any atom is -0.458 e. The lowest BCUT2D eigenvalue weighted by Crippen LogP contribution is -2.28. The summed E-state index contributed by atoms with van der Waals surface area (Å²) in [5.74, 6) is 2.45. The third-order valence-electron chi connectivity index (χ3n) is 4.04. The van der Waals surface area contributed by atoms with Gasteiger partial charge in [-0.1, -0.05) is 25.2 Å². The topological polar surface area (TPSA) is 26.3 Å². The number of allylic oxidation sites excluding steroid dienone is 3. The first-order valence-corrected chi connectivity index (χ1v) is 5.85. The average Bonchev–Trinajstić information content (AvgIpc) is 2.89. The first-order valence-electron chi connectivity index (χ1n) is 5.85. The molecule has 2 bridgehead atoms. The van der Waals surface area contributed by atoms with E-state index in [0.29, 0.717) is 30.1 Å². The Morgan fingerprint density at radius 1 is 1.27 bits per heavy atom. The molecule has 0 amide bonds. The molecule has 0 aliphatic heterocycles. The van der Waals surface area contributed by atoms with E-state index in [-0.39, 0.29) is 12.1 Å². The Morgan fingerprint density at radius 3 is 2.87 bits per heavy atom. The van der Waals surface area contributed by atoms with Gasteiger partial charge in [-0.15, -0.1) is 0 Å².